The van der Waals surface area contributed by atoms with Gasteiger partial charge in [-0.1, -0.05) is 13.0 Å². The third-order valence-electron chi connectivity index (χ3n) is 4.99. The lowest BCUT2D eigenvalue weighted by Gasteiger charge is -2.34. The van der Waals surface area contributed by atoms with Crippen molar-refractivity contribution in [3.05, 3.63) is 29.8 Å². The fourth-order valence-electron chi connectivity index (χ4n) is 3.29. The number of carbonyl (C=O) groups excluding carboxylic acids is 2. The van der Waals surface area contributed by atoms with E-state index < -0.39 is 0 Å². The van der Waals surface area contributed by atoms with Gasteiger partial charge in [0.1, 0.15) is 0 Å². The molecule has 2 aliphatic heterocycles. The molecule has 0 atom stereocenters. The highest BCUT2D eigenvalue weighted by Crippen LogP contribution is 2.27. The first-order valence-corrected chi connectivity index (χ1v) is 8.72. The summed E-state index contributed by atoms with van der Waals surface area (Å²) in [5, 5.41) is 9.25. The standard InChI is InChI=1S/C18H26N4O2/c1-18(6-9-19-10-7-18)13-21-16(23)14-4-2-5-15(12-14)22-11-3-8-20-17(22)24/h2,4-5,12,19H,3,6-11,13H2,1H3,(H,20,24)(H,21,23). The number of piperidine rings is 1. The van der Waals surface area contributed by atoms with Crippen molar-refractivity contribution in [3.63, 3.8) is 0 Å². The van der Waals surface area contributed by atoms with Gasteiger partial charge in [-0.05, 0) is 56.0 Å². The molecule has 0 unspecified atom stereocenters. The predicted molar refractivity (Wildman–Crippen MR) is 94.3 cm³/mol. The molecule has 6 nitrogen and oxygen atoms in total. The van der Waals surface area contributed by atoms with E-state index in [1.54, 1.807) is 17.0 Å². The van der Waals surface area contributed by atoms with Gasteiger partial charge in [0.05, 0.1) is 0 Å². The number of carbonyl (C=O) groups is 2. The molecule has 0 bridgehead atoms. The molecule has 0 spiro atoms. The Balaban J connectivity index is 1.64. The molecular formula is C18H26N4O2. The van der Waals surface area contributed by atoms with Crippen molar-refractivity contribution in [3.8, 4) is 0 Å². The minimum absolute atomic E-state index is 0.0750. The third-order valence-corrected chi connectivity index (χ3v) is 4.99. The number of amides is 3. The van der Waals surface area contributed by atoms with Gasteiger partial charge in [-0.15, -0.1) is 0 Å². The Hall–Kier alpha value is -2.08. The molecule has 0 aromatic heterocycles. The van der Waals surface area contributed by atoms with Crippen LogP contribution in [0.1, 0.15) is 36.5 Å². The van der Waals surface area contributed by atoms with Crippen molar-refractivity contribution in [1.82, 2.24) is 16.0 Å². The second-order valence-corrected chi connectivity index (χ2v) is 7.03. The number of hydrogen-bond donors (Lipinski definition) is 3. The van der Waals surface area contributed by atoms with Crippen LogP contribution in [0.3, 0.4) is 0 Å². The summed E-state index contributed by atoms with van der Waals surface area (Å²) in [6, 6.07) is 7.20. The first-order valence-electron chi connectivity index (χ1n) is 8.72. The first kappa shape index (κ1) is 16.8. The zero-order chi connectivity index (χ0) is 17.0. The number of anilines is 1. The van der Waals surface area contributed by atoms with E-state index in [1.165, 1.54) is 0 Å². The molecule has 3 N–H and O–H groups in total. The number of nitrogens with one attached hydrogen (secondary N) is 3. The van der Waals surface area contributed by atoms with Crippen molar-refractivity contribution >= 4 is 17.6 Å². The van der Waals surface area contributed by atoms with Crippen LogP contribution in [-0.4, -0.2) is 44.7 Å². The maximum absolute atomic E-state index is 12.5. The number of nitrogens with zero attached hydrogens (tertiary/aromatic N) is 1. The summed E-state index contributed by atoms with van der Waals surface area (Å²) >= 11 is 0. The Bertz CT molecular complexity index is 611. The fourth-order valence-corrected chi connectivity index (χ4v) is 3.29. The molecule has 1 aromatic rings. The smallest absolute Gasteiger partial charge is 0.321 e. The molecule has 24 heavy (non-hydrogen) atoms. The van der Waals surface area contributed by atoms with Crippen LogP contribution in [0, 0.1) is 5.41 Å². The Morgan fingerprint density at radius 1 is 1.29 bits per heavy atom. The number of benzene rings is 1. The quantitative estimate of drug-likeness (QED) is 0.787. The van der Waals surface area contributed by atoms with E-state index >= 15 is 0 Å². The van der Waals surface area contributed by atoms with Crippen molar-refractivity contribution in [2.24, 2.45) is 5.41 Å². The number of hydrogen-bond acceptors (Lipinski definition) is 3. The monoisotopic (exact) mass is 330 g/mol. The second kappa shape index (κ2) is 7.21. The molecule has 2 fully saturated rings. The summed E-state index contributed by atoms with van der Waals surface area (Å²) in [5.41, 5.74) is 1.53. The minimum Gasteiger partial charge on any atom is -0.351 e. The Morgan fingerprint density at radius 2 is 2.08 bits per heavy atom. The van der Waals surface area contributed by atoms with Crippen LogP contribution in [0.25, 0.3) is 0 Å². The maximum atomic E-state index is 12.5. The second-order valence-electron chi connectivity index (χ2n) is 7.03. The highest BCUT2D eigenvalue weighted by molar-refractivity contribution is 5.97. The van der Waals surface area contributed by atoms with E-state index in [4.69, 9.17) is 0 Å². The Kier molecular flexibility index (Phi) is 5.04. The van der Waals surface area contributed by atoms with Gasteiger partial charge in [-0.2, -0.15) is 0 Å². The van der Waals surface area contributed by atoms with Gasteiger partial charge >= 0.3 is 6.03 Å². The highest BCUT2D eigenvalue weighted by Gasteiger charge is 2.27. The average molecular weight is 330 g/mol. The molecule has 2 aliphatic rings. The van der Waals surface area contributed by atoms with Gasteiger partial charge in [-0.25, -0.2) is 4.79 Å². The van der Waals surface area contributed by atoms with E-state index in [-0.39, 0.29) is 17.4 Å². The molecule has 0 saturated carbocycles. The van der Waals surface area contributed by atoms with Crippen LogP contribution in [0.2, 0.25) is 0 Å². The molecule has 130 valence electrons. The molecule has 0 aliphatic carbocycles. The maximum Gasteiger partial charge on any atom is 0.321 e. The lowest BCUT2D eigenvalue weighted by molar-refractivity contribution is 0.0922. The van der Waals surface area contributed by atoms with Crippen LogP contribution in [-0.2, 0) is 0 Å². The first-order chi connectivity index (χ1) is 11.6. The zero-order valence-electron chi connectivity index (χ0n) is 14.2. The normalized spacial score (nSPS) is 20.4. The van der Waals surface area contributed by atoms with Crippen molar-refractivity contribution in [1.29, 1.82) is 0 Å². The SMILES string of the molecule is CC1(CNC(=O)c2cccc(N3CCCNC3=O)c2)CCNCC1. The zero-order valence-corrected chi connectivity index (χ0v) is 14.2. The van der Waals surface area contributed by atoms with E-state index in [9.17, 15) is 9.59 Å². The van der Waals surface area contributed by atoms with Gasteiger partial charge in [0.15, 0.2) is 0 Å². The summed E-state index contributed by atoms with van der Waals surface area (Å²) in [6.45, 7) is 6.31. The van der Waals surface area contributed by atoms with Crippen LogP contribution in [0.5, 0.6) is 0 Å². The minimum atomic E-state index is -0.0963. The predicted octanol–water partition coefficient (Wildman–Crippen LogP) is 1.73. The summed E-state index contributed by atoms with van der Waals surface area (Å²) in [7, 11) is 0. The number of rotatable bonds is 4. The average Bonchev–Trinajstić information content (AvgIpc) is 2.61. The molecule has 2 saturated heterocycles. The van der Waals surface area contributed by atoms with E-state index in [1.807, 2.05) is 12.1 Å². The van der Waals surface area contributed by atoms with Crippen LogP contribution < -0.4 is 20.9 Å². The van der Waals surface area contributed by atoms with Gasteiger partial charge in [-0.3, -0.25) is 9.69 Å². The van der Waals surface area contributed by atoms with Gasteiger partial charge in [0.2, 0.25) is 0 Å². The fraction of sp³-hybridized carbons (Fsp3) is 0.556. The summed E-state index contributed by atoms with van der Waals surface area (Å²) < 4.78 is 0. The molecular weight excluding hydrogens is 304 g/mol. The van der Waals surface area contributed by atoms with Crippen molar-refractivity contribution in [2.75, 3.05) is 37.6 Å². The molecule has 3 rings (SSSR count). The van der Waals surface area contributed by atoms with Crippen molar-refractivity contribution < 1.29 is 9.59 Å². The Labute approximate surface area is 143 Å². The molecule has 1 aromatic carbocycles. The summed E-state index contributed by atoms with van der Waals surface area (Å²) in [4.78, 5) is 26.1. The highest BCUT2D eigenvalue weighted by atomic mass is 16.2. The number of urea groups is 1. The Morgan fingerprint density at radius 3 is 2.83 bits per heavy atom. The van der Waals surface area contributed by atoms with Crippen LogP contribution >= 0.6 is 0 Å². The topological polar surface area (TPSA) is 73.5 Å². The largest absolute Gasteiger partial charge is 0.351 e. The summed E-state index contributed by atoms with van der Waals surface area (Å²) in [5.74, 6) is -0.0750. The summed E-state index contributed by atoms with van der Waals surface area (Å²) in [6.07, 6.45) is 3.05. The third kappa shape index (κ3) is 3.87. The molecule has 3 amide bonds. The van der Waals surface area contributed by atoms with E-state index in [0.29, 0.717) is 25.2 Å². The van der Waals surface area contributed by atoms with Gasteiger partial charge in [0.25, 0.3) is 5.91 Å². The van der Waals surface area contributed by atoms with Crippen LogP contribution in [0.15, 0.2) is 24.3 Å². The molecule has 6 heteroatoms. The lowest BCUT2D eigenvalue weighted by atomic mass is 9.81. The van der Waals surface area contributed by atoms with Gasteiger partial charge < -0.3 is 16.0 Å². The van der Waals surface area contributed by atoms with E-state index in [0.717, 1.165) is 38.0 Å². The van der Waals surface area contributed by atoms with Crippen LogP contribution in [0.4, 0.5) is 10.5 Å². The lowest BCUT2D eigenvalue weighted by Crippen LogP contribution is -2.46. The molecule has 2 heterocycles. The van der Waals surface area contributed by atoms with Crippen molar-refractivity contribution in [2.45, 2.75) is 26.2 Å². The molecule has 0 radical (unpaired) electrons. The van der Waals surface area contributed by atoms with Gasteiger partial charge in [0, 0.05) is 30.9 Å². The van der Waals surface area contributed by atoms with E-state index in [2.05, 4.69) is 22.9 Å².